The number of hydrogen-bond acceptors (Lipinski definition) is 1. The zero-order valence-corrected chi connectivity index (χ0v) is 39.6. The molecule has 0 aliphatic carbocycles. The van der Waals surface area contributed by atoms with Gasteiger partial charge in [0.05, 0.1) is 16.7 Å². The highest BCUT2D eigenvalue weighted by molar-refractivity contribution is 6.11. The van der Waals surface area contributed by atoms with E-state index in [0.29, 0.717) is 0 Å². The Kier molecular flexibility index (Phi) is 10.9. The fourth-order valence-electron chi connectivity index (χ4n) is 10.8. The van der Waals surface area contributed by atoms with Gasteiger partial charge in [-0.1, -0.05) is 224 Å². The molecule has 0 spiro atoms. The minimum absolute atomic E-state index is 1.07. The van der Waals surface area contributed by atoms with Crippen LogP contribution >= 0.6 is 0 Å². The molecule has 0 unspecified atom stereocenters. The molecule has 1 aromatic heterocycles. The lowest BCUT2D eigenvalue weighted by atomic mass is 9.90. The van der Waals surface area contributed by atoms with Gasteiger partial charge in [-0.2, -0.15) is 0 Å². The van der Waals surface area contributed by atoms with E-state index < -0.39 is 0 Å². The lowest BCUT2D eigenvalue weighted by Gasteiger charge is -2.29. The largest absolute Gasteiger partial charge is 0.310 e. The fourth-order valence-corrected chi connectivity index (χ4v) is 10.8. The molecule has 12 aromatic carbocycles. The number of fused-ring (bicyclic) bond motifs is 4. The summed E-state index contributed by atoms with van der Waals surface area (Å²) in [6, 6.07) is 106. The predicted octanol–water partition coefficient (Wildman–Crippen LogP) is 19.4. The van der Waals surface area contributed by atoms with E-state index in [1.807, 2.05) is 0 Å². The second-order valence-electron chi connectivity index (χ2n) is 18.4. The highest BCUT2D eigenvalue weighted by atomic mass is 15.1. The van der Waals surface area contributed by atoms with E-state index in [9.17, 15) is 0 Å². The molecule has 338 valence electrons. The summed E-state index contributed by atoms with van der Waals surface area (Å²) in [6.45, 7) is 0. The van der Waals surface area contributed by atoms with Crippen LogP contribution in [0, 0.1) is 0 Å². The standard InChI is InChI=1S/C70H48N2/c1-5-19-51(20-6-1)60-45-39-55(47-65(60)53-23-9-3-10-24-53)49-35-41-58(42-36-49)71(67-33-15-13-29-62(67)64-32-18-26-54-25-17-31-61(70(54)64)52-21-7-2-8-22-52)59-43-37-50(38-44-59)56-40-46-69-66(48-56)63-30-14-16-34-68(63)72(69)57-27-11-4-12-28-57/h1-48H. The van der Waals surface area contributed by atoms with E-state index in [2.05, 4.69) is 301 Å². The maximum atomic E-state index is 2.43. The first-order chi connectivity index (χ1) is 35.7. The molecule has 13 aromatic rings. The normalized spacial score (nSPS) is 11.3. The Balaban J connectivity index is 0.944. The molecular formula is C70H48N2. The van der Waals surface area contributed by atoms with E-state index >= 15 is 0 Å². The van der Waals surface area contributed by atoms with Crippen LogP contribution in [0.5, 0.6) is 0 Å². The van der Waals surface area contributed by atoms with Crippen molar-refractivity contribution in [1.29, 1.82) is 0 Å². The van der Waals surface area contributed by atoms with Crippen molar-refractivity contribution in [2.75, 3.05) is 4.90 Å². The van der Waals surface area contributed by atoms with Crippen LogP contribution in [-0.4, -0.2) is 4.57 Å². The molecule has 0 amide bonds. The van der Waals surface area contributed by atoms with Crippen LogP contribution in [0.2, 0.25) is 0 Å². The molecule has 2 heteroatoms. The van der Waals surface area contributed by atoms with Crippen molar-refractivity contribution in [1.82, 2.24) is 4.57 Å². The predicted molar refractivity (Wildman–Crippen MR) is 306 cm³/mol. The van der Waals surface area contributed by atoms with Crippen molar-refractivity contribution in [2.45, 2.75) is 0 Å². The highest BCUT2D eigenvalue weighted by Crippen LogP contribution is 2.46. The van der Waals surface area contributed by atoms with Crippen LogP contribution in [0.3, 0.4) is 0 Å². The highest BCUT2D eigenvalue weighted by Gasteiger charge is 2.21. The molecule has 0 aliphatic rings. The molecular weight excluding hydrogens is 869 g/mol. The maximum Gasteiger partial charge on any atom is 0.0541 e. The van der Waals surface area contributed by atoms with Gasteiger partial charge in [0.25, 0.3) is 0 Å². The second kappa shape index (κ2) is 18.4. The molecule has 1 heterocycles. The van der Waals surface area contributed by atoms with Gasteiger partial charge in [-0.15, -0.1) is 0 Å². The summed E-state index contributed by atoms with van der Waals surface area (Å²) in [4.78, 5) is 2.43. The molecule has 0 radical (unpaired) electrons. The van der Waals surface area contributed by atoms with Gasteiger partial charge in [-0.3, -0.25) is 0 Å². The van der Waals surface area contributed by atoms with Crippen LogP contribution < -0.4 is 4.90 Å². The first kappa shape index (κ1) is 42.6. The minimum atomic E-state index is 1.07. The number of hydrogen-bond donors (Lipinski definition) is 0. The van der Waals surface area contributed by atoms with Crippen molar-refractivity contribution < 1.29 is 0 Å². The second-order valence-corrected chi connectivity index (χ2v) is 18.4. The van der Waals surface area contributed by atoms with Gasteiger partial charge in [-0.05, 0) is 139 Å². The SMILES string of the molecule is c1ccc(-c2ccc(-c3ccc(N(c4ccc(-c5ccc6c(c5)c5ccccc5n6-c5ccccc5)cc4)c4ccccc4-c4cccc5cccc(-c6ccccc6)c45)cc3)cc2-c2ccccc2)cc1. The number of nitrogens with zero attached hydrogens (tertiary/aromatic N) is 2. The van der Waals surface area contributed by atoms with Gasteiger partial charge in [0.2, 0.25) is 0 Å². The molecule has 0 atom stereocenters. The van der Waals surface area contributed by atoms with E-state index in [0.717, 1.165) is 39.4 Å². The summed E-state index contributed by atoms with van der Waals surface area (Å²) in [7, 11) is 0. The van der Waals surface area contributed by atoms with Crippen LogP contribution in [-0.2, 0) is 0 Å². The van der Waals surface area contributed by atoms with Gasteiger partial charge in [0, 0.05) is 33.4 Å². The van der Waals surface area contributed by atoms with Gasteiger partial charge in [0.15, 0.2) is 0 Å². The Labute approximate surface area is 420 Å². The Hall–Kier alpha value is -9.50. The topological polar surface area (TPSA) is 8.17 Å². The number of rotatable bonds is 10. The van der Waals surface area contributed by atoms with Gasteiger partial charge in [0.1, 0.15) is 0 Å². The van der Waals surface area contributed by atoms with Gasteiger partial charge < -0.3 is 9.47 Å². The molecule has 72 heavy (non-hydrogen) atoms. The van der Waals surface area contributed by atoms with E-state index in [4.69, 9.17) is 0 Å². The van der Waals surface area contributed by atoms with Crippen molar-refractivity contribution in [3.8, 4) is 72.4 Å². The number of anilines is 3. The van der Waals surface area contributed by atoms with Gasteiger partial charge >= 0.3 is 0 Å². The minimum Gasteiger partial charge on any atom is -0.310 e. The molecule has 0 saturated heterocycles. The Bertz CT molecular complexity index is 4040. The molecule has 13 rings (SSSR count). The zero-order valence-electron chi connectivity index (χ0n) is 39.6. The van der Waals surface area contributed by atoms with E-state index in [1.165, 1.54) is 82.6 Å². The third kappa shape index (κ3) is 7.73. The maximum absolute atomic E-state index is 2.43. The van der Waals surface area contributed by atoms with Gasteiger partial charge in [-0.25, -0.2) is 0 Å². The van der Waals surface area contributed by atoms with Crippen LogP contribution in [0.1, 0.15) is 0 Å². The average molecular weight is 917 g/mol. The van der Waals surface area contributed by atoms with Crippen molar-refractivity contribution >= 4 is 49.6 Å². The van der Waals surface area contributed by atoms with Crippen LogP contribution in [0.15, 0.2) is 291 Å². The summed E-state index contributed by atoms with van der Waals surface area (Å²) >= 11 is 0. The Morgan fingerprint density at radius 1 is 0.250 bits per heavy atom. The lowest BCUT2D eigenvalue weighted by molar-refractivity contribution is 1.18. The molecule has 0 saturated carbocycles. The molecule has 0 N–H and O–H groups in total. The zero-order chi connectivity index (χ0) is 47.8. The summed E-state index contributed by atoms with van der Waals surface area (Å²) in [5.74, 6) is 0. The third-order valence-corrected chi connectivity index (χ3v) is 14.2. The van der Waals surface area contributed by atoms with Crippen molar-refractivity contribution in [3.63, 3.8) is 0 Å². The summed E-state index contributed by atoms with van der Waals surface area (Å²) in [6.07, 6.45) is 0. The van der Waals surface area contributed by atoms with Crippen LogP contribution in [0.4, 0.5) is 17.1 Å². The average Bonchev–Trinajstić information content (AvgIpc) is 3.80. The first-order valence-electron chi connectivity index (χ1n) is 24.7. The molecule has 0 aliphatic heterocycles. The summed E-state index contributed by atoms with van der Waals surface area (Å²) < 4.78 is 2.37. The quantitative estimate of drug-likeness (QED) is 0.133. The first-order valence-corrected chi connectivity index (χ1v) is 24.7. The monoisotopic (exact) mass is 916 g/mol. The number of para-hydroxylation sites is 3. The summed E-state index contributed by atoms with van der Waals surface area (Å²) in [5.41, 5.74) is 21.1. The van der Waals surface area contributed by atoms with E-state index in [-0.39, 0.29) is 0 Å². The fraction of sp³-hybridized carbons (Fsp3) is 0. The third-order valence-electron chi connectivity index (χ3n) is 14.2. The molecule has 0 fully saturated rings. The Morgan fingerprint density at radius 3 is 1.38 bits per heavy atom. The smallest absolute Gasteiger partial charge is 0.0541 e. The molecule has 0 bridgehead atoms. The summed E-state index contributed by atoms with van der Waals surface area (Å²) in [5, 5.41) is 4.93. The Morgan fingerprint density at radius 2 is 0.722 bits per heavy atom. The number of benzene rings is 12. The lowest BCUT2D eigenvalue weighted by Crippen LogP contribution is -2.11. The van der Waals surface area contributed by atoms with Crippen LogP contribution in [0.25, 0.3) is 105 Å². The number of aromatic nitrogens is 1. The molecule has 2 nitrogen and oxygen atoms in total. The van der Waals surface area contributed by atoms with Crippen molar-refractivity contribution in [3.05, 3.63) is 291 Å². The van der Waals surface area contributed by atoms with E-state index in [1.54, 1.807) is 0 Å². The van der Waals surface area contributed by atoms with Crippen molar-refractivity contribution in [2.24, 2.45) is 0 Å².